The van der Waals surface area contributed by atoms with Gasteiger partial charge in [0.05, 0.1) is 26.5 Å². The van der Waals surface area contributed by atoms with Crippen LogP contribution in [0.3, 0.4) is 0 Å². The number of hydrogen-bond donors (Lipinski definition) is 1. The van der Waals surface area contributed by atoms with Crippen LogP contribution in [0.5, 0.6) is 11.5 Å². The summed E-state index contributed by atoms with van der Waals surface area (Å²) in [5.74, 6) is 1.56. The predicted molar refractivity (Wildman–Crippen MR) is 77.1 cm³/mol. The fourth-order valence-electron chi connectivity index (χ4n) is 2.14. The standard InChI is InChI=1S/C15H19N3O2/c1-4-16-15(11-7-8-17-18-10-11)13-6-5-12(19-2)9-14(13)20-3/h5-10,15-16H,4H2,1-3H3. The molecule has 0 aliphatic rings. The van der Waals surface area contributed by atoms with Crippen LogP contribution in [-0.4, -0.2) is 31.0 Å². The summed E-state index contributed by atoms with van der Waals surface area (Å²) in [5.41, 5.74) is 2.09. The molecule has 1 aromatic heterocycles. The fourth-order valence-corrected chi connectivity index (χ4v) is 2.14. The average molecular weight is 273 g/mol. The van der Waals surface area contributed by atoms with Gasteiger partial charge in [0, 0.05) is 17.8 Å². The third kappa shape index (κ3) is 3.05. The quantitative estimate of drug-likeness (QED) is 0.874. The molecule has 20 heavy (non-hydrogen) atoms. The van der Waals surface area contributed by atoms with Crippen molar-refractivity contribution in [3.05, 3.63) is 47.8 Å². The predicted octanol–water partition coefficient (Wildman–Crippen LogP) is 2.19. The molecule has 0 spiro atoms. The summed E-state index contributed by atoms with van der Waals surface area (Å²) in [5, 5.41) is 11.2. The highest BCUT2D eigenvalue weighted by atomic mass is 16.5. The summed E-state index contributed by atoms with van der Waals surface area (Å²) < 4.78 is 10.7. The Balaban J connectivity index is 2.44. The molecule has 0 saturated heterocycles. The highest BCUT2D eigenvalue weighted by molar-refractivity contribution is 5.45. The normalized spacial score (nSPS) is 11.9. The SMILES string of the molecule is CCNC(c1ccnnc1)c1ccc(OC)cc1OC. The minimum atomic E-state index is 0.0105. The van der Waals surface area contributed by atoms with E-state index in [1.165, 1.54) is 0 Å². The van der Waals surface area contributed by atoms with E-state index in [-0.39, 0.29) is 6.04 Å². The van der Waals surface area contributed by atoms with E-state index in [0.717, 1.165) is 29.2 Å². The maximum absolute atomic E-state index is 5.48. The molecule has 2 rings (SSSR count). The number of nitrogens with one attached hydrogen (secondary N) is 1. The van der Waals surface area contributed by atoms with Gasteiger partial charge in [0.2, 0.25) is 0 Å². The molecule has 0 aliphatic carbocycles. The minimum absolute atomic E-state index is 0.0105. The lowest BCUT2D eigenvalue weighted by Gasteiger charge is -2.21. The molecule has 0 bridgehead atoms. The molecule has 0 saturated carbocycles. The second-order valence-electron chi connectivity index (χ2n) is 4.27. The molecule has 0 fully saturated rings. The third-order valence-electron chi connectivity index (χ3n) is 3.10. The van der Waals surface area contributed by atoms with Crippen molar-refractivity contribution in [2.75, 3.05) is 20.8 Å². The number of hydrogen-bond acceptors (Lipinski definition) is 5. The van der Waals surface area contributed by atoms with Crippen molar-refractivity contribution < 1.29 is 9.47 Å². The van der Waals surface area contributed by atoms with Gasteiger partial charge in [-0.15, -0.1) is 0 Å². The van der Waals surface area contributed by atoms with Gasteiger partial charge < -0.3 is 14.8 Å². The summed E-state index contributed by atoms with van der Waals surface area (Å²) in [7, 11) is 3.30. The van der Waals surface area contributed by atoms with Crippen LogP contribution < -0.4 is 14.8 Å². The van der Waals surface area contributed by atoms with Crippen LogP contribution in [0.2, 0.25) is 0 Å². The van der Waals surface area contributed by atoms with Gasteiger partial charge in [-0.25, -0.2) is 0 Å². The molecule has 1 heterocycles. The maximum atomic E-state index is 5.48. The topological polar surface area (TPSA) is 56.3 Å². The Hall–Kier alpha value is -2.14. The monoisotopic (exact) mass is 273 g/mol. The van der Waals surface area contributed by atoms with Gasteiger partial charge >= 0.3 is 0 Å². The van der Waals surface area contributed by atoms with Gasteiger partial charge in [-0.05, 0) is 30.3 Å². The smallest absolute Gasteiger partial charge is 0.127 e. The summed E-state index contributed by atoms with van der Waals surface area (Å²) in [6.07, 6.45) is 3.45. The van der Waals surface area contributed by atoms with E-state index in [4.69, 9.17) is 9.47 Å². The molecule has 1 unspecified atom stereocenters. The van der Waals surface area contributed by atoms with Crippen LogP contribution >= 0.6 is 0 Å². The van der Waals surface area contributed by atoms with E-state index in [2.05, 4.69) is 22.4 Å². The van der Waals surface area contributed by atoms with Gasteiger partial charge in [-0.3, -0.25) is 0 Å². The van der Waals surface area contributed by atoms with Crippen LogP contribution in [0.25, 0.3) is 0 Å². The largest absolute Gasteiger partial charge is 0.497 e. The molecule has 0 radical (unpaired) electrons. The Morgan fingerprint density at radius 2 is 2.00 bits per heavy atom. The molecule has 2 aromatic rings. The first-order valence-electron chi connectivity index (χ1n) is 6.52. The van der Waals surface area contributed by atoms with Crippen LogP contribution in [0, 0.1) is 0 Å². The van der Waals surface area contributed by atoms with Gasteiger partial charge in [0.15, 0.2) is 0 Å². The van der Waals surface area contributed by atoms with E-state index < -0.39 is 0 Å². The van der Waals surface area contributed by atoms with Gasteiger partial charge in [-0.1, -0.05) is 6.92 Å². The highest BCUT2D eigenvalue weighted by Crippen LogP contribution is 2.32. The van der Waals surface area contributed by atoms with Crippen molar-refractivity contribution in [2.24, 2.45) is 0 Å². The summed E-state index contributed by atoms with van der Waals surface area (Å²) in [6, 6.07) is 7.77. The van der Waals surface area contributed by atoms with Gasteiger partial charge in [0.1, 0.15) is 11.5 Å². The highest BCUT2D eigenvalue weighted by Gasteiger charge is 2.18. The summed E-state index contributed by atoms with van der Waals surface area (Å²) >= 11 is 0. The first kappa shape index (κ1) is 14.3. The van der Waals surface area contributed by atoms with Crippen molar-refractivity contribution >= 4 is 0 Å². The molecule has 0 aliphatic heterocycles. The van der Waals surface area contributed by atoms with Gasteiger partial charge in [-0.2, -0.15) is 10.2 Å². The first-order valence-corrected chi connectivity index (χ1v) is 6.52. The molecule has 1 N–H and O–H groups in total. The maximum Gasteiger partial charge on any atom is 0.127 e. The zero-order valence-electron chi connectivity index (χ0n) is 12.0. The van der Waals surface area contributed by atoms with E-state index in [9.17, 15) is 0 Å². The van der Waals surface area contributed by atoms with E-state index in [1.54, 1.807) is 26.6 Å². The van der Waals surface area contributed by atoms with Crippen molar-refractivity contribution in [2.45, 2.75) is 13.0 Å². The zero-order chi connectivity index (χ0) is 14.4. The number of nitrogens with zero attached hydrogens (tertiary/aromatic N) is 2. The molecule has 106 valence electrons. The lowest BCUT2D eigenvalue weighted by molar-refractivity contribution is 0.387. The fraction of sp³-hybridized carbons (Fsp3) is 0.333. The second kappa shape index (κ2) is 6.86. The van der Waals surface area contributed by atoms with Crippen LogP contribution in [0.15, 0.2) is 36.7 Å². The van der Waals surface area contributed by atoms with Crippen molar-refractivity contribution in [3.8, 4) is 11.5 Å². The van der Waals surface area contributed by atoms with Crippen molar-refractivity contribution in [1.82, 2.24) is 15.5 Å². The number of rotatable bonds is 6. The molecule has 5 heteroatoms. The molecule has 1 atom stereocenters. The van der Waals surface area contributed by atoms with Crippen molar-refractivity contribution in [3.63, 3.8) is 0 Å². The van der Waals surface area contributed by atoms with E-state index >= 15 is 0 Å². The van der Waals surface area contributed by atoms with Crippen LogP contribution in [0.4, 0.5) is 0 Å². The van der Waals surface area contributed by atoms with Crippen molar-refractivity contribution in [1.29, 1.82) is 0 Å². The minimum Gasteiger partial charge on any atom is -0.497 e. The Kier molecular flexibility index (Phi) is 4.90. The number of ether oxygens (including phenoxy) is 2. The number of benzene rings is 1. The van der Waals surface area contributed by atoms with Crippen LogP contribution in [0.1, 0.15) is 24.1 Å². The second-order valence-corrected chi connectivity index (χ2v) is 4.27. The molecule has 1 aromatic carbocycles. The average Bonchev–Trinajstić information content (AvgIpc) is 2.53. The summed E-state index contributed by atoms with van der Waals surface area (Å²) in [4.78, 5) is 0. The Bertz CT molecular complexity index is 546. The first-order chi connectivity index (χ1) is 9.80. The van der Waals surface area contributed by atoms with E-state index in [1.807, 2.05) is 24.3 Å². The summed E-state index contributed by atoms with van der Waals surface area (Å²) in [6.45, 7) is 2.90. The number of aromatic nitrogens is 2. The molecule has 0 amide bonds. The Morgan fingerprint density at radius 3 is 2.60 bits per heavy atom. The zero-order valence-corrected chi connectivity index (χ0v) is 12.0. The molecular weight excluding hydrogens is 254 g/mol. The molecule has 5 nitrogen and oxygen atoms in total. The third-order valence-corrected chi connectivity index (χ3v) is 3.10. The Morgan fingerprint density at radius 1 is 1.15 bits per heavy atom. The number of methoxy groups -OCH3 is 2. The lowest BCUT2D eigenvalue weighted by atomic mass is 9.99. The Labute approximate surface area is 118 Å². The lowest BCUT2D eigenvalue weighted by Crippen LogP contribution is -2.22. The molecular formula is C15H19N3O2. The van der Waals surface area contributed by atoms with E-state index in [0.29, 0.717) is 0 Å². The van der Waals surface area contributed by atoms with Crippen LogP contribution in [-0.2, 0) is 0 Å². The van der Waals surface area contributed by atoms with Gasteiger partial charge in [0.25, 0.3) is 0 Å².